The second-order valence-corrected chi connectivity index (χ2v) is 0.237. The van der Waals surface area contributed by atoms with Gasteiger partial charge in [0.2, 0.25) is 0 Å². The minimum Gasteiger partial charge on any atom is -0.198 e. The second-order valence-electron chi connectivity index (χ2n) is 0.237. The fourth-order valence-electron chi connectivity index (χ4n) is 0. The van der Waals surface area contributed by atoms with Crippen molar-refractivity contribution in [1.29, 1.82) is 5.26 Å². The molecule has 1 heteroatoms. The normalized spacial score (nSPS) is 30.2. The van der Waals surface area contributed by atoms with Crippen LogP contribution in [-0.4, -0.2) is 0 Å². The van der Waals surface area contributed by atoms with E-state index in [1.165, 1.54) is 0 Å². The summed E-state index contributed by atoms with van der Waals surface area (Å²) in [6, 6.07) is 1.05. The highest BCUT2D eigenvalue weighted by atomic mass is 14.2. The Morgan fingerprint density at radius 3 is 3.50 bits per heavy atom. The molecule has 0 unspecified atom stereocenters. The van der Waals surface area contributed by atoms with Crippen molar-refractivity contribution in [1.82, 2.24) is 0 Å². The van der Waals surface area contributed by atoms with Gasteiger partial charge in [0, 0.05) is 13.2 Å². The maximum atomic E-state index is 7.94. The van der Waals surface area contributed by atoms with Gasteiger partial charge in [0.1, 0.15) is 0 Å². The Bertz CT molecular complexity index is 139. The summed E-state index contributed by atoms with van der Waals surface area (Å²) in [5.41, 5.74) is 0. The highest BCUT2D eigenvalue weighted by Crippen LogP contribution is 1.58. The van der Waals surface area contributed by atoms with Crippen molar-refractivity contribution in [3.05, 3.63) is 0 Å². The average molecular weight is 55.1 g/mol. The molecule has 0 aliphatic carbocycles. The van der Waals surface area contributed by atoms with Crippen LogP contribution in [-0.2, 0) is 0 Å². The summed E-state index contributed by atoms with van der Waals surface area (Å²) >= 11 is 0. The number of hydrogen-bond donors (Lipinski definition) is 0. The molecule has 4 heavy (non-hydrogen) atoms. The number of nitriles is 1. The molecule has 0 aliphatic heterocycles. The van der Waals surface area contributed by atoms with Crippen molar-refractivity contribution < 1.29 is 6.85 Å². The lowest BCUT2D eigenvalue weighted by Crippen LogP contribution is -1.38. The highest BCUT2D eigenvalue weighted by molar-refractivity contribution is 4.61. The molecule has 0 saturated heterocycles. The van der Waals surface area contributed by atoms with Crippen LogP contribution in [0.25, 0.3) is 0 Å². The van der Waals surface area contributed by atoms with E-state index in [1.54, 1.807) is 0 Å². The summed E-state index contributed by atoms with van der Waals surface area (Å²) in [5, 5.41) is 7.94. The molecular weight excluding hydrogens is 50.0 g/mol. The lowest BCUT2D eigenvalue weighted by atomic mass is 10.6. The van der Waals surface area contributed by atoms with Gasteiger partial charge in [-0.1, -0.05) is 6.85 Å². The Morgan fingerprint density at radius 1 is 2.75 bits per heavy atom. The van der Waals surface area contributed by atoms with Crippen LogP contribution in [0, 0.1) is 11.3 Å². The maximum absolute atomic E-state index is 7.94. The quantitative estimate of drug-likeness (QED) is 0.404. The average Bonchev–Trinajstić information content (AvgIpc) is 1.64. The highest BCUT2D eigenvalue weighted by Gasteiger charge is 1.49. The lowest BCUT2D eigenvalue weighted by molar-refractivity contribution is 1.22. The summed E-state index contributed by atoms with van der Waals surface area (Å²) < 4.78 is 32.6. The Balaban J connectivity index is 4.39. The Hall–Kier alpha value is -0.510. The van der Waals surface area contributed by atoms with Gasteiger partial charge in [-0.3, -0.25) is 0 Å². The third-order valence-corrected chi connectivity index (χ3v) is 0.0559. The van der Waals surface area contributed by atoms with Crippen molar-refractivity contribution in [3.63, 3.8) is 0 Å². The fraction of sp³-hybridized carbons (Fsp3) is 0.667. The topological polar surface area (TPSA) is 23.8 Å². The molecule has 0 aromatic rings. The molecular formula is C3H5N. The first-order valence-corrected chi connectivity index (χ1v) is 0.724. The van der Waals surface area contributed by atoms with Crippen molar-refractivity contribution in [2.24, 2.45) is 0 Å². The first-order chi connectivity index (χ1) is 3.81. The zero-order valence-corrected chi connectivity index (χ0v) is 1.95. The monoisotopic (exact) mass is 55.0 g/mol. The van der Waals surface area contributed by atoms with Crippen LogP contribution in [0.1, 0.15) is 20.1 Å². The molecule has 0 fully saturated rings. The summed E-state index contributed by atoms with van der Waals surface area (Å²) in [6.45, 7) is -2.83. The van der Waals surface area contributed by atoms with E-state index in [4.69, 9.17) is 12.1 Å². The Morgan fingerprint density at radius 2 is 3.50 bits per heavy atom. The Labute approximate surface area is 32.9 Å². The molecule has 0 rings (SSSR count). The van der Waals surface area contributed by atoms with Crippen molar-refractivity contribution in [2.45, 2.75) is 13.2 Å². The minimum absolute atomic E-state index is 1.05. The van der Waals surface area contributed by atoms with Crippen LogP contribution >= 0.6 is 0 Å². The van der Waals surface area contributed by atoms with Crippen LogP contribution in [0.15, 0.2) is 0 Å². The van der Waals surface area contributed by atoms with E-state index in [9.17, 15) is 0 Å². The van der Waals surface area contributed by atoms with Gasteiger partial charge in [-0.25, -0.2) is 0 Å². The summed E-state index contributed by atoms with van der Waals surface area (Å²) in [7, 11) is 0. The smallest absolute Gasteiger partial charge is 0.0618 e. The molecule has 0 aromatic carbocycles. The molecule has 0 saturated carbocycles. The zero-order valence-electron chi connectivity index (χ0n) is 6.95. The molecule has 0 aromatic heterocycles. The van der Waals surface area contributed by atoms with E-state index in [0.717, 1.165) is 6.07 Å². The summed E-state index contributed by atoms with van der Waals surface area (Å²) in [5.74, 6) is 0. The molecule has 0 atom stereocenters. The molecule has 0 radical (unpaired) electrons. The lowest BCUT2D eigenvalue weighted by Gasteiger charge is -1.47. The van der Waals surface area contributed by atoms with Gasteiger partial charge in [0.25, 0.3) is 0 Å². The molecule has 0 N–H and O–H groups in total. The van der Waals surface area contributed by atoms with Crippen LogP contribution in [0.3, 0.4) is 0 Å². The molecule has 0 bridgehead atoms. The van der Waals surface area contributed by atoms with Crippen molar-refractivity contribution >= 4 is 0 Å². The second kappa shape index (κ2) is 2.49. The van der Waals surface area contributed by atoms with Gasteiger partial charge in [0.05, 0.1) is 6.07 Å². The predicted octanol–water partition coefficient (Wildman–Crippen LogP) is 0.920. The number of hydrogen-bond acceptors (Lipinski definition) is 1. The van der Waals surface area contributed by atoms with E-state index in [-0.39, 0.29) is 0 Å². The molecule has 1 nitrogen and oxygen atoms in total. The van der Waals surface area contributed by atoms with Crippen molar-refractivity contribution in [2.75, 3.05) is 0 Å². The molecule has 0 heterocycles. The predicted molar refractivity (Wildman–Crippen MR) is 15.9 cm³/mol. The van der Waals surface area contributed by atoms with Crippen LogP contribution < -0.4 is 0 Å². The third kappa shape index (κ3) is 1.49. The SMILES string of the molecule is [1H]C([1H])([1H])C([1H])([1H])C#N. The summed E-state index contributed by atoms with van der Waals surface area (Å²) in [6.07, 6.45) is -2.72. The van der Waals surface area contributed by atoms with Gasteiger partial charge in [-0.2, -0.15) is 5.26 Å². The first kappa shape index (κ1) is 0.386. The largest absolute Gasteiger partial charge is 0.198 e. The fourth-order valence-corrected chi connectivity index (χ4v) is 0. The van der Waals surface area contributed by atoms with Gasteiger partial charge in [0.15, 0.2) is 0 Å². The molecule has 22 valence electrons. The van der Waals surface area contributed by atoms with Gasteiger partial charge < -0.3 is 0 Å². The summed E-state index contributed by atoms with van der Waals surface area (Å²) in [4.78, 5) is 0. The molecule has 0 amide bonds. The zero-order chi connectivity index (χ0) is 7.71. The van der Waals surface area contributed by atoms with Crippen molar-refractivity contribution in [3.8, 4) is 6.07 Å². The Kier molecular flexibility index (Phi) is 0.240. The maximum Gasteiger partial charge on any atom is 0.0618 e. The number of nitrogens with zero attached hydrogens (tertiary/aromatic N) is 1. The van der Waals surface area contributed by atoms with Crippen LogP contribution in [0.2, 0.25) is 0 Å². The third-order valence-electron chi connectivity index (χ3n) is 0.0559. The van der Waals surface area contributed by atoms with E-state index >= 15 is 0 Å². The minimum atomic E-state index is -2.83. The standard InChI is InChI=1S/C3H5N/c1-2-3-4/h2H2,1H3/i1H3,2H2. The van der Waals surface area contributed by atoms with Gasteiger partial charge in [-0.05, 0) is 0 Å². The van der Waals surface area contributed by atoms with Gasteiger partial charge in [-0.15, -0.1) is 0 Å². The van der Waals surface area contributed by atoms with Crippen LogP contribution in [0.4, 0.5) is 0 Å². The molecule has 0 aliphatic rings. The van der Waals surface area contributed by atoms with Crippen LogP contribution in [0.5, 0.6) is 0 Å². The first-order valence-electron chi connectivity index (χ1n) is 3.22. The van der Waals surface area contributed by atoms with E-state index < -0.39 is 13.2 Å². The van der Waals surface area contributed by atoms with Gasteiger partial charge >= 0.3 is 0 Å². The van der Waals surface area contributed by atoms with E-state index in [2.05, 4.69) is 0 Å². The van der Waals surface area contributed by atoms with E-state index in [0.29, 0.717) is 0 Å². The number of rotatable bonds is 0. The molecule has 0 spiro atoms. The van der Waals surface area contributed by atoms with E-state index in [1.807, 2.05) is 0 Å².